The minimum absolute atomic E-state index is 0.280. The minimum Gasteiger partial charge on any atom is -0.399 e. The van der Waals surface area contributed by atoms with Crippen LogP contribution in [-0.2, 0) is 0 Å². The van der Waals surface area contributed by atoms with Gasteiger partial charge >= 0.3 is 0 Å². The first-order chi connectivity index (χ1) is 9.63. The van der Waals surface area contributed by atoms with Crippen LogP contribution in [-0.4, -0.2) is 11.8 Å². The van der Waals surface area contributed by atoms with Gasteiger partial charge in [-0.2, -0.15) is 0 Å². The highest BCUT2D eigenvalue weighted by Crippen LogP contribution is 2.30. The number of benzene rings is 2. The smallest absolute Gasteiger partial charge is 0.267 e. The Hall–Kier alpha value is -3.06. The molecular formula is C16H10N2O2. The van der Waals surface area contributed by atoms with Crippen LogP contribution in [0.2, 0.25) is 0 Å². The number of nitrogens with two attached hydrogens (primary N) is 1. The molecule has 1 aliphatic rings. The van der Waals surface area contributed by atoms with Gasteiger partial charge in [-0.3, -0.25) is 9.59 Å². The van der Waals surface area contributed by atoms with E-state index in [1.54, 1.807) is 42.5 Å². The molecule has 0 saturated heterocycles. The van der Waals surface area contributed by atoms with Crippen LogP contribution in [0.25, 0.3) is 0 Å². The molecule has 2 aromatic rings. The van der Waals surface area contributed by atoms with Gasteiger partial charge < -0.3 is 5.73 Å². The van der Waals surface area contributed by atoms with E-state index in [-0.39, 0.29) is 11.5 Å². The molecule has 0 fully saturated rings. The Morgan fingerprint density at radius 1 is 1.05 bits per heavy atom. The van der Waals surface area contributed by atoms with Crippen molar-refractivity contribution in [2.75, 3.05) is 10.6 Å². The first-order valence-corrected chi connectivity index (χ1v) is 5.97. The first-order valence-electron chi connectivity index (χ1n) is 5.97. The van der Waals surface area contributed by atoms with Crippen molar-refractivity contribution in [2.45, 2.75) is 0 Å². The number of amides is 2. The summed E-state index contributed by atoms with van der Waals surface area (Å²) < 4.78 is 0. The van der Waals surface area contributed by atoms with E-state index in [0.717, 1.165) is 4.90 Å². The predicted molar refractivity (Wildman–Crippen MR) is 76.4 cm³/mol. The lowest BCUT2D eigenvalue weighted by atomic mass is 10.0. The molecule has 20 heavy (non-hydrogen) atoms. The molecule has 0 spiro atoms. The van der Waals surface area contributed by atoms with Crippen molar-refractivity contribution >= 4 is 23.2 Å². The van der Waals surface area contributed by atoms with Gasteiger partial charge in [0.25, 0.3) is 11.8 Å². The largest absolute Gasteiger partial charge is 0.399 e. The average molecular weight is 262 g/mol. The fraction of sp³-hybridized carbons (Fsp3) is 0. The molecule has 96 valence electrons. The molecule has 1 heterocycles. The summed E-state index contributed by atoms with van der Waals surface area (Å²) in [6.45, 7) is 0. The Bertz CT molecular complexity index is 787. The normalized spacial score (nSPS) is 13.2. The molecule has 4 heteroatoms. The van der Waals surface area contributed by atoms with Crippen LogP contribution in [0.1, 0.15) is 26.3 Å². The Balaban J connectivity index is 2.18. The number of hydrogen-bond acceptors (Lipinski definition) is 3. The molecule has 0 saturated carbocycles. The number of nitrogen functional groups attached to an aromatic ring is 1. The van der Waals surface area contributed by atoms with E-state index < -0.39 is 5.91 Å². The number of imide groups is 1. The molecular weight excluding hydrogens is 252 g/mol. The van der Waals surface area contributed by atoms with E-state index in [4.69, 9.17) is 12.2 Å². The summed E-state index contributed by atoms with van der Waals surface area (Å²) in [6, 6.07) is 11.5. The zero-order valence-electron chi connectivity index (χ0n) is 10.5. The van der Waals surface area contributed by atoms with E-state index in [1.165, 1.54) is 0 Å². The molecule has 0 unspecified atom stereocenters. The van der Waals surface area contributed by atoms with Gasteiger partial charge in [0.2, 0.25) is 0 Å². The van der Waals surface area contributed by atoms with E-state index in [0.29, 0.717) is 22.5 Å². The summed E-state index contributed by atoms with van der Waals surface area (Å²) in [5, 5.41) is 0. The molecule has 3 rings (SSSR count). The zero-order valence-corrected chi connectivity index (χ0v) is 10.5. The highest BCUT2D eigenvalue weighted by Gasteiger charge is 2.38. The summed E-state index contributed by atoms with van der Waals surface area (Å²) >= 11 is 0. The van der Waals surface area contributed by atoms with Gasteiger partial charge in [0.1, 0.15) is 0 Å². The molecule has 1 aliphatic heterocycles. The molecule has 0 aliphatic carbocycles. The second-order valence-electron chi connectivity index (χ2n) is 4.41. The highest BCUT2D eigenvalue weighted by atomic mass is 16.2. The third-order valence-electron chi connectivity index (χ3n) is 3.20. The topological polar surface area (TPSA) is 63.4 Å². The number of terminal acetylenes is 1. The number of nitrogens with zero attached hydrogens (tertiary/aromatic N) is 1. The van der Waals surface area contributed by atoms with Crippen LogP contribution >= 0.6 is 0 Å². The van der Waals surface area contributed by atoms with E-state index in [9.17, 15) is 9.59 Å². The van der Waals surface area contributed by atoms with Gasteiger partial charge in [0.15, 0.2) is 0 Å². The highest BCUT2D eigenvalue weighted by molar-refractivity contribution is 6.35. The maximum atomic E-state index is 12.5. The zero-order chi connectivity index (χ0) is 14.3. The Kier molecular flexibility index (Phi) is 2.55. The Labute approximate surface area is 115 Å². The molecule has 0 aromatic heterocycles. The van der Waals surface area contributed by atoms with E-state index in [2.05, 4.69) is 5.92 Å². The minimum atomic E-state index is -0.413. The number of carbonyl (C=O) groups excluding carboxylic acids is 2. The van der Waals surface area contributed by atoms with Gasteiger partial charge in [-0.1, -0.05) is 18.1 Å². The third kappa shape index (κ3) is 1.57. The summed E-state index contributed by atoms with van der Waals surface area (Å²) in [5.41, 5.74) is 7.65. The fourth-order valence-corrected chi connectivity index (χ4v) is 2.30. The summed E-state index contributed by atoms with van der Waals surface area (Å²) in [4.78, 5) is 25.9. The quantitative estimate of drug-likeness (QED) is 0.486. The van der Waals surface area contributed by atoms with Crippen molar-refractivity contribution in [1.82, 2.24) is 0 Å². The second kappa shape index (κ2) is 4.25. The monoisotopic (exact) mass is 262 g/mol. The van der Waals surface area contributed by atoms with Crippen molar-refractivity contribution in [1.29, 1.82) is 0 Å². The lowest BCUT2D eigenvalue weighted by Gasteiger charge is -2.14. The third-order valence-corrected chi connectivity index (χ3v) is 3.20. The number of rotatable bonds is 1. The van der Waals surface area contributed by atoms with Gasteiger partial charge in [0, 0.05) is 11.3 Å². The van der Waals surface area contributed by atoms with Crippen LogP contribution in [0.5, 0.6) is 0 Å². The standard InChI is InChI=1S/C16H10N2O2/c1-2-10-5-3-8-13-14(10)16(20)18(15(13)19)12-7-4-6-11(17)9-12/h1,3-9H,17H2. The van der Waals surface area contributed by atoms with Crippen molar-refractivity contribution < 1.29 is 9.59 Å². The number of hydrogen-bond donors (Lipinski definition) is 1. The van der Waals surface area contributed by atoms with Crippen molar-refractivity contribution in [3.63, 3.8) is 0 Å². The number of carbonyl (C=O) groups is 2. The maximum Gasteiger partial charge on any atom is 0.267 e. The van der Waals surface area contributed by atoms with Gasteiger partial charge in [0.05, 0.1) is 16.8 Å². The van der Waals surface area contributed by atoms with Crippen molar-refractivity contribution in [3.8, 4) is 12.3 Å². The molecule has 2 amide bonds. The fourth-order valence-electron chi connectivity index (χ4n) is 2.30. The van der Waals surface area contributed by atoms with Crippen LogP contribution in [0.3, 0.4) is 0 Å². The number of anilines is 2. The lowest BCUT2D eigenvalue weighted by molar-refractivity contribution is 0.0926. The number of fused-ring (bicyclic) bond motifs is 1. The van der Waals surface area contributed by atoms with Crippen molar-refractivity contribution in [3.05, 3.63) is 59.2 Å². The van der Waals surface area contributed by atoms with Crippen LogP contribution < -0.4 is 10.6 Å². The maximum absolute atomic E-state index is 12.5. The Morgan fingerprint density at radius 2 is 1.80 bits per heavy atom. The average Bonchev–Trinajstić information content (AvgIpc) is 2.71. The van der Waals surface area contributed by atoms with Gasteiger partial charge in [-0.15, -0.1) is 6.42 Å². The molecule has 2 aromatic carbocycles. The molecule has 0 radical (unpaired) electrons. The van der Waals surface area contributed by atoms with Crippen LogP contribution in [0.4, 0.5) is 11.4 Å². The van der Waals surface area contributed by atoms with E-state index >= 15 is 0 Å². The molecule has 0 bridgehead atoms. The molecule has 4 nitrogen and oxygen atoms in total. The van der Waals surface area contributed by atoms with Gasteiger partial charge in [-0.05, 0) is 30.3 Å². The summed E-state index contributed by atoms with van der Waals surface area (Å²) in [6.07, 6.45) is 5.39. The summed E-state index contributed by atoms with van der Waals surface area (Å²) in [5.74, 6) is 1.64. The molecule has 2 N–H and O–H groups in total. The Morgan fingerprint density at radius 3 is 2.50 bits per heavy atom. The van der Waals surface area contributed by atoms with E-state index in [1.807, 2.05) is 0 Å². The summed E-state index contributed by atoms with van der Waals surface area (Å²) in [7, 11) is 0. The SMILES string of the molecule is C#Cc1cccc2c1C(=O)N(c1cccc(N)c1)C2=O. The lowest BCUT2D eigenvalue weighted by Crippen LogP contribution is -2.29. The van der Waals surface area contributed by atoms with Crippen LogP contribution in [0, 0.1) is 12.3 Å². The van der Waals surface area contributed by atoms with Crippen molar-refractivity contribution in [2.24, 2.45) is 0 Å². The molecule has 0 atom stereocenters. The van der Waals surface area contributed by atoms with Crippen LogP contribution in [0.15, 0.2) is 42.5 Å². The second-order valence-corrected chi connectivity index (χ2v) is 4.41. The first kappa shape index (κ1) is 12.0. The predicted octanol–water partition coefficient (Wildman–Crippen LogP) is 2.05. The van der Waals surface area contributed by atoms with Gasteiger partial charge in [-0.25, -0.2) is 4.90 Å².